The van der Waals surface area contributed by atoms with Gasteiger partial charge in [-0.05, 0) is 63.8 Å². The lowest BCUT2D eigenvalue weighted by Gasteiger charge is -2.29. The summed E-state index contributed by atoms with van der Waals surface area (Å²) in [4.78, 5) is 51.3. The Bertz CT molecular complexity index is 1560. The van der Waals surface area contributed by atoms with E-state index in [9.17, 15) is 32.3 Å². The maximum atomic E-state index is 12.9. The number of benzene rings is 1. The minimum absolute atomic E-state index is 0.0104. The Labute approximate surface area is 260 Å². The van der Waals surface area contributed by atoms with E-state index in [1.807, 2.05) is 20.8 Å². The van der Waals surface area contributed by atoms with Gasteiger partial charge in [-0.25, -0.2) is 14.2 Å². The van der Waals surface area contributed by atoms with Gasteiger partial charge < -0.3 is 14.4 Å². The summed E-state index contributed by atoms with van der Waals surface area (Å²) < 4.78 is 49.7. The molecule has 2 heterocycles. The number of carbonyl (C=O) groups excluding carboxylic acids is 2. The zero-order chi connectivity index (χ0) is 32.8. The van der Waals surface area contributed by atoms with Crippen LogP contribution in [-0.2, 0) is 27.5 Å². The third-order valence-corrected chi connectivity index (χ3v) is 7.55. The number of anilines is 1. The molecular formula is C28H32Cl2F3N3O6S. The minimum atomic E-state index is -4.86. The van der Waals surface area contributed by atoms with Gasteiger partial charge in [-0.1, -0.05) is 11.6 Å². The fourth-order valence-corrected chi connectivity index (χ4v) is 5.28. The Kier molecular flexibility index (Phi) is 12.6. The quantitative estimate of drug-likeness (QED) is 0.225. The van der Waals surface area contributed by atoms with E-state index < -0.39 is 35.2 Å². The monoisotopic (exact) mass is 665 g/mol. The van der Waals surface area contributed by atoms with E-state index in [1.165, 1.54) is 12.1 Å². The number of halogens is 5. The Morgan fingerprint density at radius 2 is 1.74 bits per heavy atom. The number of aryl methyl sites for hydroxylation is 2. The summed E-state index contributed by atoms with van der Waals surface area (Å²) in [6.07, 6.45) is -5.30. The average molecular weight is 667 g/mol. The molecule has 0 aliphatic rings. The fourth-order valence-electron chi connectivity index (χ4n) is 4.12. The van der Waals surface area contributed by atoms with Crippen molar-refractivity contribution in [2.75, 3.05) is 24.5 Å². The summed E-state index contributed by atoms with van der Waals surface area (Å²) in [5.41, 5.74) is -1.92. The first-order chi connectivity index (χ1) is 20.0. The zero-order valence-corrected chi connectivity index (χ0v) is 26.9. The second kappa shape index (κ2) is 15.0. The topological polar surface area (TPSA) is 99.8 Å². The molecule has 1 aromatic carbocycles. The van der Waals surface area contributed by atoms with Crippen LogP contribution in [0.25, 0.3) is 5.69 Å². The minimum Gasteiger partial charge on any atom is -0.459 e. The first-order valence-corrected chi connectivity index (χ1v) is 14.6. The molecule has 0 aliphatic carbocycles. The summed E-state index contributed by atoms with van der Waals surface area (Å²) in [5.74, 6) is -0.882. The molecule has 1 atom stereocenters. The van der Waals surface area contributed by atoms with Crippen LogP contribution in [0, 0.1) is 13.8 Å². The molecule has 0 saturated heterocycles. The van der Waals surface area contributed by atoms with Gasteiger partial charge in [-0.15, -0.1) is 22.9 Å². The van der Waals surface area contributed by atoms with Crippen LogP contribution in [0.5, 0.6) is 0 Å². The molecule has 0 spiro atoms. The largest absolute Gasteiger partial charge is 0.459 e. The van der Waals surface area contributed by atoms with Gasteiger partial charge in [0.15, 0.2) is 0 Å². The zero-order valence-electron chi connectivity index (χ0n) is 24.5. The van der Waals surface area contributed by atoms with E-state index >= 15 is 0 Å². The third-order valence-electron chi connectivity index (χ3n) is 5.97. The molecule has 3 aromatic rings. The van der Waals surface area contributed by atoms with E-state index in [0.717, 1.165) is 29.2 Å². The highest BCUT2D eigenvalue weighted by molar-refractivity contribution is 7.10. The van der Waals surface area contributed by atoms with Gasteiger partial charge >= 0.3 is 17.8 Å². The van der Waals surface area contributed by atoms with Gasteiger partial charge in [-0.3, -0.25) is 14.2 Å². The number of carbonyl (C=O) groups is 2. The number of aromatic nitrogens is 2. The first-order valence-electron chi connectivity index (χ1n) is 12.8. The van der Waals surface area contributed by atoms with Crippen LogP contribution >= 0.6 is 34.5 Å². The average Bonchev–Trinajstić information content (AvgIpc) is 3.24. The van der Waals surface area contributed by atoms with Crippen LogP contribution in [0.3, 0.4) is 0 Å². The van der Waals surface area contributed by atoms with Gasteiger partial charge in [0, 0.05) is 25.1 Å². The summed E-state index contributed by atoms with van der Waals surface area (Å²) in [5, 5.41) is 2.06. The van der Waals surface area contributed by atoms with Crippen molar-refractivity contribution in [1.29, 1.82) is 0 Å². The Morgan fingerprint density at radius 3 is 2.23 bits per heavy atom. The van der Waals surface area contributed by atoms with E-state index in [-0.39, 0.29) is 34.1 Å². The fraction of sp³-hybridized carbons (Fsp3) is 0.429. The number of hydrogen-bond acceptors (Lipinski definition) is 7. The number of amides is 1. The standard InChI is InChI=1S/C16H14ClF3N2O4.C12H18ClNO2S/c1-8(2)26-14(24)10-6-9(4-5-11(10)17)22-13(23)7-12(16(18,19)20)21(3)15(22)25;1-8-7-17-10(3)12(8)14(11(15)5-13)9(2)6-16-4/h4-8H,1-3H3;7,9H,5-6H2,1-4H3. The number of hydrogen-bond donors (Lipinski definition) is 0. The predicted octanol–water partition coefficient (Wildman–Crippen LogP) is 5.75. The lowest BCUT2D eigenvalue weighted by molar-refractivity contribution is -0.144. The van der Waals surface area contributed by atoms with Gasteiger partial charge in [0.2, 0.25) is 5.91 Å². The highest BCUT2D eigenvalue weighted by Gasteiger charge is 2.35. The Balaban J connectivity index is 0.000000329. The first kappa shape index (κ1) is 36.1. The summed E-state index contributed by atoms with van der Waals surface area (Å²) in [7, 11) is 2.53. The molecular weight excluding hydrogens is 634 g/mol. The van der Waals surface area contributed by atoms with Crippen LogP contribution in [0.15, 0.2) is 39.2 Å². The van der Waals surface area contributed by atoms with Crippen molar-refractivity contribution in [3.05, 3.63) is 77.2 Å². The van der Waals surface area contributed by atoms with E-state index in [4.69, 9.17) is 32.7 Å². The SMILES string of the molecule is CC(C)OC(=O)c1cc(-n2c(=O)cc(C(F)(F)F)n(C)c2=O)ccc1Cl.COCC(C)N(C(=O)CCl)c1c(C)csc1C. The van der Waals surface area contributed by atoms with Crippen molar-refractivity contribution in [2.45, 2.75) is 52.9 Å². The highest BCUT2D eigenvalue weighted by atomic mass is 35.5. The molecule has 2 aromatic heterocycles. The van der Waals surface area contributed by atoms with Gasteiger partial charge in [0.25, 0.3) is 5.56 Å². The summed E-state index contributed by atoms with van der Waals surface area (Å²) in [6.45, 7) is 9.72. The molecule has 0 radical (unpaired) electrons. The normalized spacial score (nSPS) is 12.0. The number of nitrogens with zero attached hydrogens (tertiary/aromatic N) is 3. The summed E-state index contributed by atoms with van der Waals surface area (Å²) in [6, 6.07) is 3.89. The molecule has 0 saturated carbocycles. The van der Waals surface area contributed by atoms with Crippen molar-refractivity contribution >= 4 is 52.1 Å². The van der Waals surface area contributed by atoms with Crippen LogP contribution in [-0.4, -0.2) is 52.8 Å². The molecule has 0 fully saturated rings. The molecule has 0 aliphatic heterocycles. The Hall–Kier alpha value is -3.13. The third kappa shape index (κ3) is 8.71. The van der Waals surface area contributed by atoms with Gasteiger partial charge in [0.1, 0.15) is 11.6 Å². The van der Waals surface area contributed by atoms with Crippen molar-refractivity contribution in [2.24, 2.45) is 7.05 Å². The van der Waals surface area contributed by atoms with E-state index in [2.05, 4.69) is 5.38 Å². The van der Waals surface area contributed by atoms with E-state index in [0.29, 0.717) is 21.8 Å². The molecule has 1 amide bonds. The van der Waals surface area contributed by atoms with Crippen LogP contribution < -0.4 is 16.1 Å². The number of methoxy groups -OCH3 is 1. The highest BCUT2D eigenvalue weighted by Crippen LogP contribution is 2.32. The van der Waals surface area contributed by atoms with Crippen molar-refractivity contribution in [3.63, 3.8) is 0 Å². The van der Waals surface area contributed by atoms with Crippen LogP contribution in [0.4, 0.5) is 18.9 Å². The lowest BCUT2D eigenvalue weighted by atomic mass is 10.2. The number of esters is 1. The van der Waals surface area contributed by atoms with Crippen molar-refractivity contribution in [1.82, 2.24) is 9.13 Å². The number of rotatable bonds is 8. The van der Waals surface area contributed by atoms with Crippen molar-refractivity contribution in [3.8, 4) is 5.69 Å². The van der Waals surface area contributed by atoms with Crippen LogP contribution in [0.2, 0.25) is 5.02 Å². The second-order valence-electron chi connectivity index (χ2n) is 9.69. The smallest absolute Gasteiger partial charge is 0.431 e. The second-order valence-corrected chi connectivity index (χ2v) is 11.4. The molecule has 1 unspecified atom stereocenters. The molecule has 236 valence electrons. The molecule has 43 heavy (non-hydrogen) atoms. The maximum Gasteiger partial charge on any atom is 0.431 e. The molecule has 0 N–H and O–H groups in total. The predicted molar refractivity (Wildman–Crippen MR) is 161 cm³/mol. The van der Waals surface area contributed by atoms with Gasteiger partial charge in [0.05, 0.1) is 40.7 Å². The van der Waals surface area contributed by atoms with Gasteiger partial charge in [-0.2, -0.15) is 13.2 Å². The van der Waals surface area contributed by atoms with Crippen molar-refractivity contribution < 1.29 is 32.2 Å². The number of ether oxygens (including phenoxy) is 2. The Morgan fingerprint density at radius 1 is 1.12 bits per heavy atom. The molecule has 9 nitrogen and oxygen atoms in total. The summed E-state index contributed by atoms with van der Waals surface area (Å²) >= 11 is 13.3. The number of alkyl halides is 4. The van der Waals surface area contributed by atoms with E-state index in [1.54, 1.807) is 37.2 Å². The molecule has 15 heteroatoms. The molecule has 0 bridgehead atoms. The molecule has 3 rings (SSSR count). The number of thiophene rings is 1. The lowest BCUT2D eigenvalue weighted by Crippen LogP contribution is -2.42. The van der Waals surface area contributed by atoms with Crippen LogP contribution in [0.1, 0.15) is 47.3 Å². The maximum absolute atomic E-state index is 12.9.